The van der Waals surface area contributed by atoms with Gasteiger partial charge in [-0.2, -0.15) is 0 Å². The van der Waals surface area contributed by atoms with Crippen molar-refractivity contribution in [2.45, 2.75) is 6.92 Å². The molecular weight excluding hydrogens is 244 g/mol. The van der Waals surface area contributed by atoms with Gasteiger partial charge in [0.1, 0.15) is 0 Å². The van der Waals surface area contributed by atoms with E-state index in [2.05, 4.69) is 21.4 Å². The first-order valence-electron chi connectivity index (χ1n) is 4.51. The van der Waals surface area contributed by atoms with Gasteiger partial charge in [0.25, 0.3) is 0 Å². The number of nitrogens with one attached hydrogen (secondary N) is 1. The van der Waals surface area contributed by atoms with Crippen LogP contribution in [0.1, 0.15) is 6.92 Å². The van der Waals surface area contributed by atoms with Gasteiger partial charge in [-0.1, -0.05) is 19.1 Å². The number of nitrogens with zero attached hydrogens (tertiary/aromatic N) is 1. The molecule has 1 aromatic rings. The molecule has 4 heteroatoms. The first-order valence-corrected chi connectivity index (χ1v) is 5.30. The van der Waals surface area contributed by atoms with Crippen molar-refractivity contribution < 1.29 is 4.79 Å². The van der Waals surface area contributed by atoms with Crippen molar-refractivity contribution >= 4 is 27.5 Å². The maximum atomic E-state index is 11.3. The van der Waals surface area contributed by atoms with Crippen LogP contribution in [0.4, 0.5) is 5.69 Å². The molecule has 0 radical (unpaired) electrons. The van der Waals surface area contributed by atoms with Crippen LogP contribution < -0.4 is 10.4 Å². The predicted molar refractivity (Wildman–Crippen MR) is 58.8 cm³/mol. The van der Waals surface area contributed by atoms with Gasteiger partial charge in [-0.25, -0.2) is 0 Å². The van der Waals surface area contributed by atoms with E-state index in [0.717, 1.165) is 16.7 Å². The average Bonchev–Trinajstić information content (AvgIpc) is 2.48. The number of para-hydroxylation sites is 1. The number of anilines is 1. The molecule has 0 bridgehead atoms. The number of hydrazine groups is 1. The molecule has 1 aliphatic rings. The summed E-state index contributed by atoms with van der Waals surface area (Å²) in [6.07, 6.45) is 0. The van der Waals surface area contributed by atoms with Crippen LogP contribution in [0.3, 0.4) is 0 Å². The Balaban J connectivity index is 2.25. The molecule has 1 aromatic carbocycles. The van der Waals surface area contributed by atoms with Gasteiger partial charge in [-0.3, -0.25) is 15.2 Å². The molecule has 0 aliphatic carbocycles. The lowest BCUT2D eigenvalue weighted by Gasteiger charge is -2.18. The number of carbonyl (C=O) groups excluding carboxylic acids is 1. The SMILES string of the molecule is C[C@H]1CN(c2ccccc2Br)NC1=O. The first kappa shape index (κ1) is 9.52. The number of benzene rings is 1. The third-order valence-corrected chi connectivity index (χ3v) is 2.96. The second-order valence-electron chi connectivity index (χ2n) is 3.44. The largest absolute Gasteiger partial charge is 0.284 e. The molecule has 0 saturated carbocycles. The minimum atomic E-state index is 0.0575. The van der Waals surface area contributed by atoms with Crippen molar-refractivity contribution in [3.05, 3.63) is 28.7 Å². The highest BCUT2D eigenvalue weighted by atomic mass is 79.9. The van der Waals surface area contributed by atoms with Gasteiger partial charge in [-0.05, 0) is 28.1 Å². The highest BCUT2D eigenvalue weighted by molar-refractivity contribution is 9.10. The van der Waals surface area contributed by atoms with E-state index in [9.17, 15) is 4.79 Å². The summed E-state index contributed by atoms with van der Waals surface area (Å²) in [5.41, 5.74) is 3.83. The molecule has 0 spiro atoms. The molecular formula is C10H11BrN2O. The van der Waals surface area contributed by atoms with Gasteiger partial charge in [0.05, 0.1) is 18.2 Å². The highest BCUT2D eigenvalue weighted by Gasteiger charge is 2.27. The fraction of sp³-hybridized carbons (Fsp3) is 0.300. The zero-order valence-electron chi connectivity index (χ0n) is 7.83. The number of hydrogen-bond donors (Lipinski definition) is 1. The zero-order valence-corrected chi connectivity index (χ0v) is 9.41. The van der Waals surface area contributed by atoms with Crippen LogP contribution in [0.5, 0.6) is 0 Å². The molecule has 0 aromatic heterocycles. The van der Waals surface area contributed by atoms with E-state index in [-0.39, 0.29) is 11.8 Å². The van der Waals surface area contributed by atoms with Gasteiger partial charge in [0, 0.05) is 4.47 Å². The summed E-state index contributed by atoms with van der Waals surface area (Å²) >= 11 is 3.45. The summed E-state index contributed by atoms with van der Waals surface area (Å²) in [4.78, 5) is 11.3. The fourth-order valence-electron chi connectivity index (χ4n) is 1.47. The van der Waals surface area contributed by atoms with Crippen molar-refractivity contribution in [2.75, 3.05) is 11.6 Å². The Morgan fingerprint density at radius 2 is 2.21 bits per heavy atom. The molecule has 1 amide bonds. The zero-order chi connectivity index (χ0) is 10.1. The van der Waals surface area contributed by atoms with E-state index in [4.69, 9.17) is 0 Å². The summed E-state index contributed by atoms with van der Waals surface area (Å²) in [6, 6.07) is 7.84. The number of hydrogen-bond acceptors (Lipinski definition) is 2. The summed E-state index contributed by atoms with van der Waals surface area (Å²) in [5.74, 6) is 0.142. The van der Waals surface area contributed by atoms with Gasteiger partial charge in [0.2, 0.25) is 5.91 Å². The monoisotopic (exact) mass is 254 g/mol. The second kappa shape index (κ2) is 3.61. The topological polar surface area (TPSA) is 32.3 Å². The number of amides is 1. The van der Waals surface area contributed by atoms with Crippen LogP contribution in [-0.2, 0) is 4.79 Å². The third kappa shape index (κ3) is 1.62. The molecule has 14 heavy (non-hydrogen) atoms. The molecule has 1 saturated heterocycles. The maximum absolute atomic E-state index is 11.3. The lowest BCUT2D eigenvalue weighted by Crippen LogP contribution is -2.33. The smallest absolute Gasteiger partial charge is 0.243 e. The van der Waals surface area contributed by atoms with Crippen molar-refractivity contribution in [2.24, 2.45) is 5.92 Å². The molecule has 0 unspecified atom stereocenters. The lowest BCUT2D eigenvalue weighted by molar-refractivity contribution is -0.121. The number of halogens is 1. The normalized spacial score (nSPS) is 21.1. The molecule has 1 N–H and O–H groups in total. The minimum Gasteiger partial charge on any atom is -0.284 e. The Morgan fingerprint density at radius 1 is 1.50 bits per heavy atom. The van der Waals surface area contributed by atoms with E-state index in [1.54, 1.807) is 0 Å². The second-order valence-corrected chi connectivity index (χ2v) is 4.29. The van der Waals surface area contributed by atoms with Gasteiger partial charge < -0.3 is 0 Å². The number of carbonyl (C=O) groups is 1. The lowest BCUT2D eigenvalue weighted by atomic mass is 10.2. The van der Waals surface area contributed by atoms with Crippen molar-refractivity contribution in [3.63, 3.8) is 0 Å². The third-order valence-electron chi connectivity index (χ3n) is 2.29. The van der Waals surface area contributed by atoms with Crippen LogP contribution in [-0.4, -0.2) is 12.5 Å². The minimum absolute atomic E-state index is 0.0575. The summed E-state index contributed by atoms with van der Waals surface area (Å²) in [7, 11) is 0. The fourth-order valence-corrected chi connectivity index (χ4v) is 1.97. The van der Waals surface area contributed by atoms with Crippen molar-refractivity contribution in [1.82, 2.24) is 5.43 Å². The van der Waals surface area contributed by atoms with E-state index >= 15 is 0 Å². The molecule has 2 rings (SSSR count). The Labute approximate surface area is 91.2 Å². The van der Waals surface area contributed by atoms with Crippen LogP contribution in [0.25, 0.3) is 0 Å². The molecule has 1 atom stereocenters. The molecule has 3 nitrogen and oxygen atoms in total. The Hall–Kier alpha value is -1.03. The Morgan fingerprint density at radius 3 is 2.79 bits per heavy atom. The average molecular weight is 255 g/mol. The molecule has 74 valence electrons. The Kier molecular flexibility index (Phi) is 2.46. The quantitative estimate of drug-likeness (QED) is 0.831. The summed E-state index contributed by atoms with van der Waals surface area (Å²) < 4.78 is 0.995. The van der Waals surface area contributed by atoms with Crippen molar-refractivity contribution in [1.29, 1.82) is 0 Å². The van der Waals surface area contributed by atoms with Crippen LogP contribution >= 0.6 is 15.9 Å². The standard InChI is InChI=1S/C10H11BrN2O/c1-7-6-13(12-10(7)14)9-5-3-2-4-8(9)11/h2-5,7H,6H2,1H3,(H,12,14)/t7-/m0/s1. The van der Waals surface area contributed by atoms with E-state index in [1.165, 1.54) is 0 Å². The first-order chi connectivity index (χ1) is 6.68. The molecule has 1 aliphatic heterocycles. The van der Waals surface area contributed by atoms with Gasteiger partial charge in [0.15, 0.2) is 0 Å². The molecule has 1 heterocycles. The maximum Gasteiger partial charge on any atom is 0.243 e. The predicted octanol–water partition coefficient (Wildman–Crippen LogP) is 1.94. The van der Waals surface area contributed by atoms with Gasteiger partial charge in [-0.15, -0.1) is 0 Å². The molecule has 1 fully saturated rings. The van der Waals surface area contributed by atoms with Crippen LogP contribution in [0.2, 0.25) is 0 Å². The summed E-state index contributed by atoms with van der Waals surface area (Å²) in [5, 5.41) is 1.87. The van der Waals surface area contributed by atoms with E-state index in [0.29, 0.717) is 0 Å². The van der Waals surface area contributed by atoms with E-state index < -0.39 is 0 Å². The Bertz CT molecular complexity index is 367. The van der Waals surface area contributed by atoms with E-state index in [1.807, 2.05) is 36.2 Å². The number of rotatable bonds is 1. The highest BCUT2D eigenvalue weighted by Crippen LogP contribution is 2.27. The van der Waals surface area contributed by atoms with Crippen molar-refractivity contribution in [3.8, 4) is 0 Å². The van der Waals surface area contributed by atoms with Gasteiger partial charge >= 0.3 is 0 Å². The van der Waals surface area contributed by atoms with Crippen LogP contribution in [0, 0.1) is 5.92 Å². The van der Waals surface area contributed by atoms with Crippen LogP contribution in [0.15, 0.2) is 28.7 Å². The summed E-state index contributed by atoms with van der Waals surface area (Å²) in [6.45, 7) is 2.65.